The van der Waals surface area contributed by atoms with E-state index >= 15 is 0 Å². The maximum absolute atomic E-state index is 12.6. The van der Waals surface area contributed by atoms with Gasteiger partial charge in [0, 0.05) is 37.1 Å². The fourth-order valence-electron chi connectivity index (χ4n) is 2.93. The molecular weight excluding hydrogens is 370 g/mol. The van der Waals surface area contributed by atoms with Gasteiger partial charge in [-0.25, -0.2) is 9.67 Å². The average Bonchev–Trinajstić information content (AvgIpc) is 3.36. The second-order valence-corrected chi connectivity index (χ2v) is 6.66. The molecule has 2 amide bonds. The first-order chi connectivity index (χ1) is 14.0. The summed E-state index contributed by atoms with van der Waals surface area (Å²) in [5.41, 5.74) is 3.38. The molecule has 0 radical (unpaired) electrons. The number of likely N-dealkylation sites (N-methyl/N-ethyl adjacent to an activating group) is 1. The van der Waals surface area contributed by atoms with Crippen molar-refractivity contribution in [3.05, 3.63) is 59.9 Å². The van der Waals surface area contributed by atoms with Crippen molar-refractivity contribution in [2.45, 2.75) is 40.4 Å². The number of carbonyl (C=O) groups is 2. The van der Waals surface area contributed by atoms with Crippen LogP contribution in [0, 0.1) is 6.92 Å². The van der Waals surface area contributed by atoms with Gasteiger partial charge in [-0.05, 0) is 38.5 Å². The lowest BCUT2D eigenvalue weighted by atomic mass is 10.2. The SMILES string of the molecule is CCN(Cc1cn(CC)nc1C)C(=O)C(=O)Nc1ccc(Cn2cncn2)cc1. The molecule has 1 N–H and O–H groups in total. The van der Waals surface area contributed by atoms with E-state index in [0.717, 1.165) is 23.4 Å². The molecule has 2 heterocycles. The van der Waals surface area contributed by atoms with Crippen LogP contribution in [0.2, 0.25) is 0 Å². The molecular formula is C20H25N7O2. The molecule has 0 unspecified atom stereocenters. The molecule has 9 heteroatoms. The van der Waals surface area contributed by atoms with E-state index in [4.69, 9.17) is 0 Å². The Hall–Kier alpha value is -3.49. The summed E-state index contributed by atoms with van der Waals surface area (Å²) in [6.07, 6.45) is 5.03. The van der Waals surface area contributed by atoms with Crippen LogP contribution in [0.15, 0.2) is 43.1 Å². The number of aryl methyl sites for hydroxylation is 2. The van der Waals surface area contributed by atoms with Crippen molar-refractivity contribution in [3.63, 3.8) is 0 Å². The van der Waals surface area contributed by atoms with Gasteiger partial charge in [-0.15, -0.1) is 0 Å². The van der Waals surface area contributed by atoms with E-state index in [0.29, 0.717) is 25.3 Å². The van der Waals surface area contributed by atoms with Gasteiger partial charge in [0.15, 0.2) is 0 Å². The molecule has 29 heavy (non-hydrogen) atoms. The first kappa shape index (κ1) is 20.2. The van der Waals surface area contributed by atoms with Gasteiger partial charge in [0.05, 0.1) is 12.2 Å². The highest BCUT2D eigenvalue weighted by Crippen LogP contribution is 2.13. The van der Waals surface area contributed by atoms with E-state index in [1.54, 1.807) is 23.1 Å². The molecule has 9 nitrogen and oxygen atoms in total. The lowest BCUT2D eigenvalue weighted by molar-refractivity contribution is -0.143. The Morgan fingerprint density at radius 1 is 1.14 bits per heavy atom. The molecule has 0 aliphatic heterocycles. The number of anilines is 1. The number of amides is 2. The van der Waals surface area contributed by atoms with E-state index in [1.807, 2.05) is 43.8 Å². The van der Waals surface area contributed by atoms with Crippen molar-refractivity contribution >= 4 is 17.5 Å². The minimum Gasteiger partial charge on any atom is -0.330 e. The van der Waals surface area contributed by atoms with Gasteiger partial charge in [0.1, 0.15) is 12.7 Å². The summed E-state index contributed by atoms with van der Waals surface area (Å²) in [6.45, 7) is 7.88. The second-order valence-electron chi connectivity index (χ2n) is 6.66. The quantitative estimate of drug-likeness (QED) is 0.616. The zero-order chi connectivity index (χ0) is 20.8. The maximum atomic E-state index is 12.6. The van der Waals surface area contributed by atoms with Crippen molar-refractivity contribution in [2.75, 3.05) is 11.9 Å². The van der Waals surface area contributed by atoms with Crippen LogP contribution in [0.25, 0.3) is 0 Å². The summed E-state index contributed by atoms with van der Waals surface area (Å²) < 4.78 is 3.53. The third kappa shape index (κ3) is 5.07. The largest absolute Gasteiger partial charge is 0.330 e. The Bertz CT molecular complexity index is 961. The van der Waals surface area contributed by atoms with Crippen LogP contribution in [0.3, 0.4) is 0 Å². The summed E-state index contributed by atoms with van der Waals surface area (Å²) in [7, 11) is 0. The van der Waals surface area contributed by atoms with Crippen LogP contribution in [0.4, 0.5) is 5.69 Å². The van der Waals surface area contributed by atoms with E-state index < -0.39 is 11.8 Å². The summed E-state index contributed by atoms with van der Waals surface area (Å²) in [4.78, 5) is 30.5. The Kier molecular flexibility index (Phi) is 6.38. The maximum Gasteiger partial charge on any atom is 0.313 e. The lowest BCUT2D eigenvalue weighted by Crippen LogP contribution is -2.39. The number of nitrogens with one attached hydrogen (secondary N) is 1. The normalized spacial score (nSPS) is 10.7. The first-order valence-corrected chi connectivity index (χ1v) is 9.54. The highest BCUT2D eigenvalue weighted by atomic mass is 16.2. The summed E-state index contributed by atoms with van der Waals surface area (Å²) >= 11 is 0. The van der Waals surface area contributed by atoms with Crippen molar-refractivity contribution < 1.29 is 9.59 Å². The fourth-order valence-corrected chi connectivity index (χ4v) is 2.93. The van der Waals surface area contributed by atoms with Crippen LogP contribution >= 0.6 is 0 Å². The molecule has 3 rings (SSSR count). The Balaban J connectivity index is 1.60. The van der Waals surface area contributed by atoms with Gasteiger partial charge in [-0.1, -0.05) is 12.1 Å². The van der Waals surface area contributed by atoms with E-state index in [-0.39, 0.29) is 0 Å². The van der Waals surface area contributed by atoms with Gasteiger partial charge in [0.25, 0.3) is 0 Å². The minimum absolute atomic E-state index is 0.353. The molecule has 0 fully saturated rings. The Morgan fingerprint density at radius 2 is 1.90 bits per heavy atom. The fraction of sp³-hybridized carbons (Fsp3) is 0.350. The van der Waals surface area contributed by atoms with Gasteiger partial charge < -0.3 is 10.2 Å². The first-order valence-electron chi connectivity index (χ1n) is 9.54. The van der Waals surface area contributed by atoms with E-state index in [9.17, 15) is 9.59 Å². The van der Waals surface area contributed by atoms with E-state index in [1.165, 1.54) is 11.2 Å². The van der Waals surface area contributed by atoms with Crippen molar-refractivity contribution in [3.8, 4) is 0 Å². The summed E-state index contributed by atoms with van der Waals surface area (Å²) in [6, 6.07) is 7.29. The number of aromatic nitrogens is 5. The molecule has 152 valence electrons. The Labute approximate surface area is 169 Å². The van der Waals surface area contributed by atoms with Crippen molar-refractivity contribution in [1.82, 2.24) is 29.4 Å². The smallest absolute Gasteiger partial charge is 0.313 e. The van der Waals surface area contributed by atoms with Crippen molar-refractivity contribution in [1.29, 1.82) is 0 Å². The standard InChI is InChI=1S/C20H25N7O2/c1-4-25(11-17-12-26(5-2)24-15(17)3)20(29)19(28)23-18-8-6-16(7-9-18)10-27-14-21-13-22-27/h6-9,12-14H,4-5,10-11H2,1-3H3,(H,23,28). The number of nitrogens with zero attached hydrogens (tertiary/aromatic N) is 6. The monoisotopic (exact) mass is 395 g/mol. The topological polar surface area (TPSA) is 97.9 Å². The second kappa shape index (κ2) is 9.13. The third-order valence-corrected chi connectivity index (χ3v) is 4.62. The molecule has 0 bridgehead atoms. The van der Waals surface area contributed by atoms with Gasteiger partial charge in [0.2, 0.25) is 0 Å². The summed E-state index contributed by atoms with van der Waals surface area (Å²) in [5.74, 6) is -1.22. The predicted octanol–water partition coefficient (Wildman–Crippen LogP) is 1.84. The number of hydrogen-bond acceptors (Lipinski definition) is 5. The summed E-state index contributed by atoms with van der Waals surface area (Å²) in [5, 5.41) is 11.1. The molecule has 0 atom stereocenters. The molecule has 0 saturated heterocycles. The minimum atomic E-state index is -0.656. The van der Waals surface area contributed by atoms with Crippen molar-refractivity contribution in [2.24, 2.45) is 0 Å². The molecule has 3 aromatic rings. The number of carbonyl (C=O) groups excluding carboxylic acids is 2. The molecule has 0 aliphatic rings. The van der Waals surface area contributed by atoms with Crippen LogP contribution in [-0.4, -0.2) is 47.8 Å². The van der Waals surface area contributed by atoms with Crippen LogP contribution in [0.1, 0.15) is 30.7 Å². The molecule has 1 aromatic carbocycles. The highest BCUT2D eigenvalue weighted by molar-refractivity contribution is 6.39. The predicted molar refractivity (Wildman–Crippen MR) is 108 cm³/mol. The van der Waals surface area contributed by atoms with Crippen LogP contribution in [-0.2, 0) is 29.2 Å². The zero-order valence-electron chi connectivity index (χ0n) is 16.9. The molecule has 0 aliphatic carbocycles. The molecule has 0 spiro atoms. The number of benzene rings is 1. The van der Waals surface area contributed by atoms with Crippen LogP contribution in [0.5, 0.6) is 0 Å². The Morgan fingerprint density at radius 3 is 2.48 bits per heavy atom. The van der Waals surface area contributed by atoms with Gasteiger partial charge >= 0.3 is 11.8 Å². The number of hydrogen-bond donors (Lipinski definition) is 1. The molecule has 0 saturated carbocycles. The zero-order valence-corrected chi connectivity index (χ0v) is 16.9. The van der Waals surface area contributed by atoms with Gasteiger partial charge in [-0.2, -0.15) is 10.2 Å². The third-order valence-electron chi connectivity index (χ3n) is 4.62. The highest BCUT2D eigenvalue weighted by Gasteiger charge is 2.22. The van der Waals surface area contributed by atoms with Crippen LogP contribution < -0.4 is 5.32 Å². The average molecular weight is 395 g/mol. The lowest BCUT2D eigenvalue weighted by Gasteiger charge is -2.20. The van der Waals surface area contributed by atoms with Gasteiger partial charge in [-0.3, -0.25) is 14.3 Å². The molecule has 2 aromatic heterocycles. The number of rotatable bonds is 7. The van der Waals surface area contributed by atoms with E-state index in [2.05, 4.69) is 20.5 Å².